The summed E-state index contributed by atoms with van der Waals surface area (Å²) in [6.07, 6.45) is 0.682. The molecular weight excluding hydrogens is 274 g/mol. The number of aliphatic carboxylic acids is 1. The van der Waals surface area contributed by atoms with E-state index >= 15 is 0 Å². The molecule has 122 valence electrons. The first kappa shape index (κ1) is 17.7. The molecule has 1 heterocycles. The average molecular weight is 301 g/mol. The highest BCUT2D eigenvalue weighted by molar-refractivity contribution is 5.81. The SMILES string of the molecule is CCC(C)N(CC(=O)O)C(=O)N1CC(O)CC1CN(C)C. The molecule has 3 unspecified atom stereocenters. The third-order valence-corrected chi connectivity index (χ3v) is 3.89. The van der Waals surface area contributed by atoms with Crippen molar-refractivity contribution < 1.29 is 19.8 Å². The molecule has 21 heavy (non-hydrogen) atoms. The van der Waals surface area contributed by atoms with Crippen LogP contribution in [0.5, 0.6) is 0 Å². The Labute approximate surface area is 126 Å². The van der Waals surface area contributed by atoms with E-state index in [0.717, 1.165) is 0 Å². The number of urea groups is 1. The highest BCUT2D eigenvalue weighted by Gasteiger charge is 2.38. The summed E-state index contributed by atoms with van der Waals surface area (Å²) >= 11 is 0. The number of hydrogen-bond donors (Lipinski definition) is 2. The van der Waals surface area contributed by atoms with Gasteiger partial charge in [0.05, 0.1) is 6.10 Å². The van der Waals surface area contributed by atoms with Gasteiger partial charge in [0.2, 0.25) is 0 Å². The molecule has 1 rings (SSSR count). The van der Waals surface area contributed by atoms with Crippen LogP contribution >= 0.6 is 0 Å². The number of likely N-dealkylation sites (N-methyl/N-ethyl adjacent to an activating group) is 1. The Balaban J connectivity index is 2.87. The van der Waals surface area contributed by atoms with Crippen LogP contribution in [-0.2, 0) is 4.79 Å². The van der Waals surface area contributed by atoms with Gasteiger partial charge in [-0.3, -0.25) is 4.79 Å². The van der Waals surface area contributed by atoms with Gasteiger partial charge in [0, 0.05) is 25.2 Å². The van der Waals surface area contributed by atoms with Crippen molar-refractivity contribution in [2.75, 3.05) is 33.7 Å². The van der Waals surface area contributed by atoms with Crippen LogP contribution in [0.4, 0.5) is 4.79 Å². The van der Waals surface area contributed by atoms with Crippen molar-refractivity contribution in [2.24, 2.45) is 0 Å². The lowest BCUT2D eigenvalue weighted by Crippen LogP contribution is -2.52. The van der Waals surface area contributed by atoms with E-state index in [0.29, 0.717) is 19.4 Å². The smallest absolute Gasteiger partial charge is 0.323 e. The predicted octanol–water partition coefficient (Wildman–Crippen LogP) is 0.288. The Morgan fingerprint density at radius 1 is 1.38 bits per heavy atom. The normalized spacial score (nSPS) is 23.4. The van der Waals surface area contributed by atoms with Crippen molar-refractivity contribution in [1.82, 2.24) is 14.7 Å². The van der Waals surface area contributed by atoms with E-state index in [9.17, 15) is 14.7 Å². The van der Waals surface area contributed by atoms with Gasteiger partial charge in [0.1, 0.15) is 6.54 Å². The van der Waals surface area contributed by atoms with E-state index in [2.05, 4.69) is 0 Å². The molecule has 1 saturated heterocycles. The molecular formula is C14H27N3O4. The quantitative estimate of drug-likeness (QED) is 0.736. The molecule has 3 atom stereocenters. The minimum Gasteiger partial charge on any atom is -0.480 e. The van der Waals surface area contributed by atoms with Crippen LogP contribution in [0.2, 0.25) is 0 Å². The predicted molar refractivity (Wildman–Crippen MR) is 79.2 cm³/mol. The summed E-state index contributed by atoms with van der Waals surface area (Å²) in [6.45, 7) is 4.38. The number of aliphatic hydroxyl groups excluding tert-OH is 1. The first-order valence-electron chi connectivity index (χ1n) is 7.38. The lowest BCUT2D eigenvalue weighted by molar-refractivity contribution is -0.138. The topological polar surface area (TPSA) is 84.3 Å². The lowest BCUT2D eigenvalue weighted by atomic mass is 10.2. The number of carbonyl (C=O) groups excluding carboxylic acids is 1. The number of carboxylic acid groups (broad SMARTS) is 1. The van der Waals surface area contributed by atoms with Gasteiger partial charge in [-0.25, -0.2) is 4.79 Å². The Kier molecular flexibility index (Phi) is 6.42. The molecule has 0 spiro atoms. The number of β-amino-alcohol motifs (C(OH)–C–C–N with tert-alkyl or cyclic N) is 1. The Morgan fingerprint density at radius 2 is 2.00 bits per heavy atom. The molecule has 0 aromatic heterocycles. The number of rotatable bonds is 6. The molecule has 2 N–H and O–H groups in total. The fourth-order valence-electron chi connectivity index (χ4n) is 2.66. The molecule has 0 saturated carbocycles. The Morgan fingerprint density at radius 3 is 2.48 bits per heavy atom. The summed E-state index contributed by atoms with van der Waals surface area (Å²) in [6, 6.07) is -0.524. The van der Waals surface area contributed by atoms with Crippen molar-refractivity contribution in [1.29, 1.82) is 0 Å². The minimum atomic E-state index is -1.02. The Bertz CT molecular complexity index is 375. The molecule has 7 heteroatoms. The molecule has 0 aromatic rings. The summed E-state index contributed by atoms with van der Waals surface area (Å²) < 4.78 is 0. The second-order valence-corrected chi connectivity index (χ2v) is 6.02. The number of hydrogen-bond acceptors (Lipinski definition) is 4. The average Bonchev–Trinajstić information content (AvgIpc) is 2.74. The van der Waals surface area contributed by atoms with Crippen LogP contribution in [0.3, 0.4) is 0 Å². The summed E-state index contributed by atoms with van der Waals surface area (Å²) in [5.74, 6) is -1.02. The number of nitrogens with zero attached hydrogens (tertiary/aromatic N) is 3. The van der Waals surface area contributed by atoms with E-state index in [1.807, 2.05) is 32.8 Å². The highest BCUT2D eigenvalue weighted by Crippen LogP contribution is 2.21. The maximum Gasteiger partial charge on any atom is 0.323 e. The van der Waals surface area contributed by atoms with Crippen molar-refractivity contribution in [3.05, 3.63) is 0 Å². The van der Waals surface area contributed by atoms with Crippen LogP contribution < -0.4 is 0 Å². The van der Waals surface area contributed by atoms with Gasteiger partial charge in [-0.15, -0.1) is 0 Å². The molecule has 1 aliphatic heterocycles. The second-order valence-electron chi connectivity index (χ2n) is 6.02. The molecule has 0 aliphatic carbocycles. The molecule has 7 nitrogen and oxygen atoms in total. The largest absolute Gasteiger partial charge is 0.480 e. The van der Waals surface area contributed by atoms with Gasteiger partial charge >= 0.3 is 12.0 Å². The molecule has 0 radical (unpaired) electrons. The zero-order valence-corrected chi connectivity index (χ0v) is 13.3. The van der Waals surface area contributed by atoms with Crippen molar-refractivity contribution in [3.8, 4) is 0 Å². The zero-order valence-electron chi connectivity index (χ0n) is 13.3. The summed E-state index contributed by atoms with van der Waals surface area (Å²) in [5, 5.41) is 18.9. The van der Waals surface area contributed by atoms with Crippen molar-refractivity contribution >= 4 is 12.0 Å². The highest BCUT2D eigenvalue weighted by atomic mass is 16.4. The maximum absolute atomic E-state index is 12.7. The fraction of sp³-hybridized carbons (Fsp3) is 0.857. The third kappa shape index (κ3) is 4.86. The van der Waals surface area contributed by atoms with Crippen LogP contribution in [0.15, 0.2) is 0 Å². The van der Waals surface area contributed by atoms with Crippen LogP contribution in [0.25, 0.3) is 0 Å². The maximum atomic E-state index is 12.7. The van der Waals surface area contributed by atoms with Gasteiger partial charge in [0.15, 0.2) is 0 Å². The van der Waals surface area contributed by atoms with Crippen LogP contribution in [0, 0.1) is 0 Å². The van der Waals surface area contributed by atoms with Crippen molar-refractivity contribution in [2.45, 2.75) is 44.9 Å². The number of carbonyl (C=O) groups is 2. The Hall–Kier alpha value is -1.34. The number of aliphatic hydroxyl groups is 1. The second kappa shape index (κ2) is 7.61. The first-order valence-corrected chi connectivity index (χ1v) is 7.38. The van der Waals surface area contributed by atoms with E-state index in [4.69, 9.17) is 5.11 Å². The third-order valence-electron chi connectivity index (χ3n) is 3.89. The molecule has 2 amide bonds. The lowest BCUT2D eigenvalue weighted by Gasteiger charge is -2.34. The number of carboxylic acids is 1. The summed E-state index contributed by atoms with van der Waals surface area (Å²) in [7, 11) is 3.83. The van der Waals surface area contributed by atoms with E-state index in [1.165, 1.54) is 4.90 Å². The van der Waals surface area contributed by atoms with Gasteiger partial charge < -0.3 is 24.9 Å². The molecule has 0 bridgehead atoms. The van der Waals surface area contributed by atoms with E-state index < -0.39 is 12.1 Å². The van der Waals surface area contributed by atoms with Gasteiger partial charge in [0.25, 0.3) is 0 Å². The van der Waals surface area contributed by atoms with Crippen LogP contribution in [0.1, 0.15) is 26.7 Å². The van der Waals surface area contributed by atoms with Gasteiger partial charge in [-0.2, -0.15) is 0 Å². The van der Waals surface area contributed by atoms with E-state index in [-0.39, 0.29) is 31.2 Å². The number of likely N-dealkylation sites (tertiary alicyclic amines) is 1. The van der Waals surface area contributed by atoms with Gasteiger partial charge in [-0.1, -0.05) is 6.92 Å². The molecule has 1 aliphatic rings. The standard InChI is InChI=1S/C14H27N3O4/c1-5-10(2)16(9-13(19)20)14(21)17-8-12(18)6-11(17)7-15(3)4/h10-12,18H,5-9H2,1-4H3,(H,19,20). The van der Waals surface area contributed by atoms with E-state index in [1.54, 1.807) is 4.90 Å². The van der Waals surface area contributed by atoms with Crippen LogP contribution in [-0.4, -0.2) is 88.8 Å². The monoisotopic (exact) mass is 301 g/mol. The number of amides is 2. The first-order chi connectivity index (χ1) is 9.76. The summed E-state index contributed by atoms with van der Waals surface area (Å²) in [4.78, 5) is 28.6. The van der Waals surface area contributed by atoms with Crippen molar-refractivity contribution in [3.63, 3.8) is 0 Å². The summed E-state index contributed by atoms with van der Waals surface area (Å²) in [5.41, 5.74) is 0. The minimum absolute atomic E-state index is 0.0807. The zero-order chi connectivity index (χ0) is 16.2. The molecule has 0 aromatic carbocycles. The molecule has 1 fully saturated rings. The fourth-order valence-corrected chi connectivity index (χ4v) is 2.66. The van der Waals surface area contributed by atoms with Gasteiger partial charge in [-0.05, 0) is 33.9 Å².